The molecule has 1 saturated heterocycles. The van der Waals surface area contributed by atoms with Crippen LogP contribution in [-0.4, -0.2) is 17.4 Å². The summed E-state index contributed by atoms with van der Waals surface area (Å²) in [5.74, 6) is 0.228. The molecule has 3 heteroatoms. The zero-order valence-electron chi connectivity index (χ0n) is 12.5. The van der Waals surface area contributed by atoms with E-state index in [-0.39, 0.29) is 11.9 Å². The number of rotatable bonds is 4. The van der Waals surface area contributed by atoms with E-state index in [1.54, 1.807) is 0 Å². The molecular weight excluding hydrogens is 294 g/mol. The van der Waals surface area contributed by atoms with Gasteiger partial charge in [-0.05, 0) is 36.5 Å². The van der Waals surface area contributed by atoms with E-state index in [4.69, 9.17) is 11.6 Å². The zero-order chi connectivity index (χ0) is 15.4. The highest BCUT2D eigenvalue weighted by molar-refractivity contribution is 6.31. The molecule has 2 nitrogen and oxygen atoms in total. The molecule has 1 amide bonds. The molecule has 0 bridgehead atoms. The first-order valence-corrected chi connectivity index (χ1v) is 8.21. The maximum absolute atomic E-state index is 12.6. The van der Waals surface area contributed by atoms with Gasteiger partial charge in [-0.1, -0.05) is 60.1 Å². The maximum atomic E-state index is 12.6. The summed E-state index contributed by atoms with van der Waals surface area (Å²) in [6, 6.07) is 18.2. The van der Waals surface area contributed by atoms with E-state index in [9.17, 15) is 4.79 Å². The van der Waals surface area contributed by atoms with Gasteiger partial charge < -0.3 is 4.90 Å². The van der Waals surface area contributed by atoms with Crippen LogP contribution in [0.15, 0.2) is 54.6 Å². The molecule has 1 fully saturated rings. The fourth-order valence-corrected chi connectivity index (χ4v) is 3.44. The Kier molecular flexibility index (Phi) is 4.79. The van der Waals surface area contributed by atoms with Gasteiger partial charge in [-0.25, -0.2) is 0 Å². The Morgan fingerprint density at radius 2 is 1.82 bits per heavy atom. The van der Waals surface area contributed by atoms with Crippen molar-refractivity contribution in [2.45, 2.75) is 31.7 Å². The number of carbonyl (C=O) groups excluding carboxylic acids is 1. The Hall–Kier alpha value is -1.80. The van der Waals surface area contributed by atoms with E-state index in [1.807, 2.05) is 47.4 Å². The second kappa shape index (κ2) is 6.97. The number of aryl methyl sites for hydroxylation is 1. The van der Waals surface area contributed by atoms with Crippen LogP contribution in [0.25, 0.3) is 0 Å². The van der Waals surface area contributed by atoms with Crippen LogP contribution in [0.4, 0.5) is 0 Å². The van der Waals surface area contributed by atoms with Crippen molar-refractivity contribution in [2.75, 3.05) is 6.54 Å². The average molecular weight is 314 g/mol. The quantitative estimate of drug-likeness (QED) is 0.805. The Morgan fingerprint density at radius 1 is 1.09 bits per heavy atom. The summed E-state index contributed by atoms with van der Waals surface area (Å²) in [5, 5.41) is 0.759. The molecule has 0 spiro atoms. The van der Waals surface area contributed by atoms with Gasteiger partial charge in [0, 0.05) is 18.0 Å². The van der Waals surface area contributed by atoms with Crippen molar-refractivity contribution in [3.8, 4) is 0 Å². The Bertz CT molecular complexity index is 641. The van der Waals surface area contributed by atoms with E-state index < -0.39 is 0 Å². The van der Waals surface area contributed by atoms with Gasteiger partial charge in [-0.2, -0.15) is 0 Å². The molecule has 1 aliphatic heterocycles. The van der Waals surface area contributed by atoms with Crippen LogP contribution in [0.1, 0.15) is 36.4 Å². The van der Waals surface area contributed by atoms with Gasteiger partial charge in [0.15, 0.2) is 0 Å². The standard InChI is InChI=1S/C19H20ClNO/c20-17-10-5-4-9-16(17)18-11-6-14-21(18)19(22)13-12-15-7-2-1-3-8-15/h1-5,7-10,18H,6,11-14H2/t18-/m0/s1. The first-order chi connectivity index (χ1) is 10.8. The van der Waals surface area contributed by atoms with Crippen LogP contribution >= 0.6 is 11.6 Å². The van der Waals surface area contributed by atoms with Gasteiger partial charge in [-0.15, -0.1) is 0 Å². The summed E-state index contributed by atoms with van der Waals surface area (Å²) in [5.41, 5.74) is 2.29. The van der Waals surface area contributed by atoms with Crippen LogP contribution in [0.5, 0.6) is 0 Å². The Labute approximate surface area is 136 Å². The summed E-state index contributed by atoms with van der Waals surface area (Å²) >= 11 is 6.31. The van der Waals surface area contributed by atoms with Gasteiger partial charge in [0.2, 0.25) is 5.91 Å². The molecule has 1 atom stereocenters. The summed E-state index contributed by atoms with van der Waals surface area (Å²) in [4.78, 5) is 14.6. The number of likely N-dealkylation sites (tertiary alicyclic amines) is 1. The molecule has 0 radical (unpaired) electrons. The first-order valence-electron chi connectivity index (χ1n) is 7.83. The minimum absolute atomic E-state index is 0.136. The van der Waals surface area contributed by atoms with Gasteiger partial charge in [-0.3, -0.25) is 4.79 Å². The fourth-order valence-electron chi connectivity index (χ4n) is 3.17. The van der Waals surface area contributed by atoms with E-state index in [2.05, 4.69) is 12.1 Å². The highest BCUT2D eigenvalue weighted by Crippen LogP contribution is 2.36. The molecule has 2 aromatic rings. The van der Waals surface area contributed by atoms with Crippen molar-refractivity contribution in [3.05, 3.63) is 70.7 Å². The Morgan fingerprint density at radius 3 is 2.59 bits per heavy atom. The molecular formula is C19H20ClNO. The van der Waals surface area contributed by atoms with Crippen LogP contribution in [0.2, 0.25) is 5.02 Å². The number of nitrogens with zero attached hydrogens (tertiary/aromatic N) is 1. The summed E-state index contributed by atoms with van der Waals surface area (Å²) in [7, 11) is 0. The highest BCUT2D eigenvalue weighted by Gasteiger charge is 2.30. The third-order valence-corrected chi connectivity index (χ3v) is 4.65. The van der Waals surface area contributed by atoms with Crippen molar-refractivity contribution < 1.29 is 4.79 Å². The molecule has 3 rings (SSSR count). The number of hydrogen-bond acceptors (Lipinski definition) is 1. The molecule has 0 aromatic heterocycles. The third-order valence-electron chi connectivity index (χ3n) is 4.31. The topological polar surface area (TPSA) is 20.3 Å². The molecule has 0 saturated carbocycles. The predicted octanol–water partition coefficient (Wildman–Crippen LogP) is 4.64. The minimum atomic E-state index is 0.136. The number of amides is 1. The largest absolute Gasteiger partial charge is 0.336 e. The molecule has 1 heterocycles. The number of benzene rings is 2. The van der Waals surface area contributed by atoms with E-state index in [0.717, 1.165) is 36.4 Å². The van der Waals surface area contributed by atoms with Crippen molar-refractivity contribution in [1.29, 1.82) is 0 Å². The highest BCUT2D eigenvalue weighted by atomic mass is 35.5. The summed E-state index contributed by atoms with van der Waals surface area (Å²) in [6.45, 7) is 0.837. The molecule has 2 aromatic carbocycles. The maximum Gasteiger partial charge on any atom is 0.223 e. The molecule has 0 N–H and O–H groups in total. The van der Waals surface area contributed by atoms with Gasteiger partial charge in [0.1, 0.15) is 0 Å². The Balaban J connectivity index is 1.68. The lowest BCUT2D eigenvalue weighted by atomic mass is 10.0. The fraction of sp³-hybridized carbons (Fsp3) is 0.316. The van der Waals surface area contributed by atoms with Crippen LogP contribution in [-0.2, 0) is 11.2 Å². The second-order valence-electron chi connectivity index (χ2n) is 5.75. The first kappa shape index (κ1) is 15.1. The van der Waals surface area contributed by atoms with E-state index >= 15 is 0 Å². The molecule has 114 valence electrons. The zero-order valence-corrected chi connectivity index (χ0v) is 13.3. The third kappa shape index (κ3) is 3.33. The lowest BCUT2D eigenvalue weighted by Crippen LogP contribution is -2.30. The monoisotopic (exact) mass is 313 g/mol. The second-order valence-corrected chi connectivity index (χ2v) is 6.16. The average Bonchev–Trinajstić information content (AvgIpc) is 3.03. The van der Waals surface area contributed by atoms with Crippen molar-refractivity contribution >= 4 is 17.5 Å². The van der Waals surface area contributed by atoms with Crippen LogP contribution in [0, 0.1) is 0 Å². The number of carbonyl (C=O) groups is 1. The van der Waals surface area contributed by atoms with Crippen molar-refractivity contribution in [2.24, 2.45) is 0 Å². The lowest BCUT2D eigenvalue weighted by molar-refractivity contribution is -0.132. The minimum Gasteiger partial charge on any atom is -0.336 e. The van der Waals surface area contributed by atoms with Crippen LogP contribution in [0.3, 0.4) is 0 Å². The van der Waals surface area contributed by atoms with Crippen LogP contribution < -0.4 is 0 Å². The van der Waals surface area contributed by atoms with E-state index in [1.165, 1.54) is 5.56 Å². The smallest absolute Gasteiger partial charge is 0.223 e. The van der Waals surface area contributed by atoms with Gasteiger partial charge in [0.25, 0.3) is 0 Å². The molecule has 22 heavy (non-hydrogen) atoms. The SMILES string of the molecule is O=C(CCc1ccccc1)N1CCC[C@H]1c1ccccc1Cl. The lowest BCUT2D eigenvalue weighted by Gasteiger charge is -2.26. The summed E-state index contributed by atoms with van der Waals surface area (Å²) in [6.07, 6.45) is 3.41. The molecule has 0 unspecified atom stereocenters. The number of hydrogen-bond donors (Lipinski definition) is 0. The van der Waals surface area contributed by atoms with Gasteiger partial charge in [0.05, 0.1) is 6.04 Å². The number of halogens is 1. The predicted molar refractivity (Wildman–Crippen MR) is 89.9 cm³/mol. The van der Waals surface area contributed by atoms with E-state index in [0.29, 0.717) is 6.42 Å². The van der Waals surface area contributed by atoms with Crippen molar-refractivity contribution in [1.82, 2.24) is 4.90 Å². The van der Waals surface area contributed by atoms with Gasteiger partial charge >= 0.3 is 0 Å². The molecule has 1 aliphatic rings. The van der Waals surface area contributed by atoms with Crippen molar-refractivity contribution in [3.63, 3.8) is 0 Å². The normalized spacial score (nSPS) is 17.7. The molecule has 0 aliphatic carbocycles. The summed E-state index contributed by atoms with van der Waals surface area (Å²) < 4.78 is 0.